The molecule has 1 unspecified atom stereocenters. The van der Waals surface area contributed by atoms with Crippen LogP contribution >= 0.6 is 15.9 Å². The van der Waals surface area contributed by atoms with Gasteiger partial charge in [0.25, 0.3) is 0 Å². The predicted molar refractivity (Wildman–Crippen MR) is 79.2 cm³/mol. The quantitative estimate of drug-likeness (QED) is 0.882. The first kappa shape index (κ1) is 14.0. The highest BCUT2D eigenvalue weighted by atomic mass is 79.9. The first-order valence-corrected chi connectivity index (χ1v) is 9.03. The fourth-order valence-corrected chi connectivity index (χ4v) is 4.65. The Hall–Kier alpha value is -0.990. The summed E-state index contributed by atoms with van der Waals surface area (Å²) in [5, 5.41) is 3.32. The molecule has 0 aromatic carbocycles. The number of halogens is 1. The number of nitrogens with zero attached hydrogens (tertiary/aromatic N) is 3. The molecule has 2 aromatic rings. The van der Waals surface area contributed by atoms with Gasteiger partial charge in [-0.1, -0.05) is 0 Å². The van der Waals surface area contributed by atoms with Crippen molar-refractivity contribution in [2.75, 3.05) is 18.1 Å². The van der Waals surface area contributed by atoms with Gasteiger partial charge in [0.1, 0.15) is 4.60 Å². The maximum atomic E-state index is 11.4. The lowest BCUT2D eigenvalue weighted by Crippen LogP contribution is -2.23. The number of sulfone groups is 1. The van der Waals surface area contributed by atoms with Crippen molar-refractivity contribution in [2.45, 2.75) is 13.0 Å². The minimum absolute atomic E-state index is 0.229. The Bertz CT molecular complexity index is 728. The minimum atomic E-state index is -2.79. The molecule has 2 aromatic heterocycles. The SMILES string of the molecule is O=S1(=O)CCC(CNCc2cnc3cnc(Br)cn23)C1. The Morgan fingerprint density at radius 2 is 2.25 bits per heavy atom. The van der Waals surface area contributed by atoms with E-state index < -0.39 is 9.84 Å². The van der Waals surface area contributed by atoms with Crippen molar-refractivity contribution in [2.24, 2.45) is 5.92 Å². The Balaban J connectivity index is 1.62. The van der Waals surface area contributed by atoms with Crippen LogP contribution in [0.2, 0.25) is 0 Å². The fourth-order valence-electron chi connectivity index (χ4n) is 2.48. The number of nitrogens with one attached hydrogen (secondary N) is 1. The summed E-state index contributed by atoms with van der Waals surface area (Å²) in [6, 6.07) is 0. The number of rotatable bonds is 4. The number of fused-ring (bicyclic) bond motifs is 1. The van der Waals surface area contributed by atoms with Gasteiger partial charge in [-0.25, -0.2) is 18.4 Å². The summed E-state index contributed by atoms with van der Waals surface area (Å²) in [6.45, 7) is 1.38. The smallest absolute Gasteiger partial charge is 0.155 e. The third kappa shape index (κ3) is 3.02. The van der Waals surface area contributed by atoms with Crippen molar-refractivity contribution < 1.29 is 8.42 Å². The van der Waals surface area contributed by atoms with E-state index >= 15 is 0 Å². The van der Waals surface area contributed by atoms with E-state index in [1.807, 2.05) is 16.8 Å². The summed E-state index contributed by atoms with van der Waals surface area (Å²) in [4.78, 5) is 8.40. The van der Waals surface area contributed by atoms with Crippen LogP contribution in [0.15, 0.2) is 23.2 Å². The van der Waals surface area contributed by atoms with Crippen LogP contribution in [0.3, 0.4) is 0 Å². The van der Waals surface area contributed by atoms with Gasteiger partial charge < -0.3 is 5.32 Å². The second kappa shape index (κ2) is 5.42. The van der Waals surface area contributed by atoms with Gasteiger partial charge in [0.05, 0.1) is 29.6 Å². The highest BCUT2D eigenvalue weighted by Crippen LogP contribution is 2.17. The second-order valence-electron chi connectivity index (χ2n) is 5.09. The van der Waals surface area contributed by atoms with Crippen molar-refractivity contribution in [3.05, 3.63) is 28.9 Å². The number of hydrogen-bond donors (Lipinski definition) is 1. The maximum Gasteiger partial charge on any atom is 0.155 e. The zero-order chi connectivity index (χ0) is 14.2. The lowest BCUT2D eigenvalue weighted by atomic mass is 10.1. The molecule has 0 aliphatic carbocycles. The third-order valence-electron chi connectivity index (χ3n) is 3.51. The molecule has 1 atom stereocenters. The van der Waals surface area contributed by atoms with Crippen LogP contribution in [-0.4, -0.2) is 40.8 Å². The molecule has 1 aliphatic rings. The maximum absolute atomic E-state index is 11.4. The van der Waals surface area contributed by atoms with Crippen LogP contribution in [0.5, 0.6) is 0 Å². The highest BCUT2D eigenvalue weighted by Gasteiger charge is 2.27. The molecule has 3 heterocycles. The topological polar surface area (TPSA) is 76.4 Å². The Labute approximate surface area is 125 Å². The van der Waals surface area contributed by atoms with Gasteiger partial charge >= 0.3 is 0 Å². The minimum Gasteiger partial charge on any atom is -0.311 e. The molecular formula is C12H15BrN4O2S. The van der Waals surface area contributed by atoms with E-state index in [9.17, 15) is 8.42 Å². The third-order valence-corrected chi connectivity index (χ3v) is 5.75. The van der Waals surface area contributed by atoms with E-state index in [2.05, 4.69) is 31.2 Å². The number of imidazole rings is 1. The lowest BCUT2D eigenvalue weighted by Gasteiger charge is -2.09. The Morgan fingerprint density at radius 3 is 3.00 bits per heavy atom. The van der Waals surface area contributed by atoms with Crippen molar-refractivity contribution in [3.8, 4) is 0 Å². The molecule has 0 saturated carbocycles. The number of hydrogen-bond acceptors (Lipinski definition) is 5. The van der Waals surface area contributed by atoms with Gasteiger partial charge in [-0.3, -0.25) is 4.40 Å². The molecule has 1 saturated heterocycles. The van der Waals surface area contributed by atoms with Crippen molar-refractivity contribution in [1.29, 1.82) is 0 Å². The van der Waals surface area contributed by atoms with Crippen molar-refractivity contribution in [3.63, 3.8) is 0 Å². The van der Waals surface area contributed by atoms with Crippen LogP contribution in [0.1, 0.15) is 12.1 Å². The lowest BCUT2D eigenvalue weighted by molar-refractivity contribution is 0.517. The van der Waals surface area contributed by atoms with Crippen LogP contribution in [0.4, 0.5) is 0 Å². The van der Waals surface area contributed by atoms with E-state index in [0.717, 1.165) is 28.9 Å². The molecule has 0 bridgehead atoms. The summed E-state index contributed by atoms with van der Waals surface area (Å²) in [7, 11) is -2.79. The molecule has 0 amide bonds. The van der Waals surface area contributed by atoms with Crippen LogP contribution in [0.25, 0.3) is 5.65 Å². The molecule has 8 heteroatoms. The largest absolute Gasteiger partial charge is 0.311 e. The molecule has 0 radical (unpaired) electrons. The van der Waals surface area contributed by atoms with Gasteiger partial charge in [0, 0.05) is 12.7 Å². The monoisotopic (exact) mass is 358 g/mol. The Kier molecular flexibility index (Phi) is 3.78. The summed E-state index contributed by atoms with van der Waals surface area (Å²) in [5.74, 6) is 0.864. The van der Waals surface area contributed by atoms with Gasteiger partial charge in [0.15, 0.2) is 15.5 Å². The first-order valence-electron chi connectivity index (χ1n) is 6.42. The fraction of sp³-hybridized carbons (Fsp3) is 0.500. The standard InChI is InChI=1S/C12H15BrN4O2S/c13-11-7-17-10(5-16-12(17)6-15-11)4-14-3-9-1-2-20(18,19)8-9/h5-7,9,14H,1-4,8H2. The van der Waals surface area contributed by atoms with Crippen molar-refractivity contribution >= 4 is 31.4 Å². The van der Waals surface area contributed by atoms with Gasteiger partial charge in [0.2, 0.25) is 0 Å². The van der Waals surface area contributed by atoms with Gasteiger partial charge in [-0.05, 0) is 34.8 Å². The molecule has 1 N–H and O–H groups in total. The zero-order valence-corrected chi connectivity index (χ0v) is 13.2. The molecule has 108 valence electrons. The first-order chi connectivity index (χ1) is 9.53. The molecule has 3 rings (SSSR count). The molecule has 6 nitrogen and oxygen atoms in total. The summed E-state index contributed by atoms with van der Waals surface area (Å²) >= 11 is 3.34. The summed E-state index contributed by atoms with van der Waals surface area (Å²) in [6.07, 6.45) is 6.15. The van der Waals surface area contributed by atoms with E-state index in [-0.39, 0.29) is 5.92 Å². The Morgan fingerprint density at radius 1 is 1.40 bits per heavy atom. The summed E-state index contributed by atoms with van der Waals surface area (Å²) in [5.41, 5.74) is 1.83. The molecule has 20 heavy (non-hydrogen) atoms. The predicted octanol–water partition coefficient (Wildman–Crippen LogP) is 1.02. The van der Waals surface area contributed by atoms with E-state index in [1.165, 1.54) is 0 Å². The zero-order valence-electron chi connectivity index (χ0n) is 10.8. The average Bonchev–Trinajstić information content (AvgIpc) is 2.93. The molecular weight excluding hydrogens is 344 g/mol. The van der Waals surface area contributed by atoms with E-state index in [1.54, 1.807) is 6.20 Å². The molecule has 1 fully saturated rings. The van der Waals surface area contributed by atoms with Gasteiger partial charge in [-0.2, -0.15) is 0 Å². The number of aromatic nitrogens is 3. The van der Waals surface area contributed by atoms with Crippen LogP contribution in [0, 0.1) is 5.92 Å². The van der Waals surface area contributed by atoms with Crippen LogP contribution in [-0.2, 0) is 16.4 Å². The molecule has 1 aliphatic heterocycles. The van der Waals surface area contributed by atoms with Crippen molar-refractivity contribution in [1.82, 2.24) is 19.7 Å². The average molecular weight is 359 g/mol. The normalized spacial score (nSPS) is 21.6. The van der Waals surface area contributed by atoms with Gasteiger partial charge in [-0.15, -0.1) is 0 Å². The highest BCUT2D eigenvalue weighted by molar-refractivity contribution is 9.10. The second-order valence-corrected chi connectivity index (χ2v) is 8.13. The van der Waals surface area contributed by atoms with Crippen LogP contribution < -0.4 is 5.32 Å². The molecule has 0 spiro atoms. The summed E-state index contributed by atoms with van der Waals surface area (Å²) < 4.78 is 25.5. The van der Waals surface area contributed by atoms with E-state index in [0.29, 0.717) is 18.1 Å². The van der Waals surface area contributed by atoms with E-state index in [4.69, 9.17) is 0 Å².